The lowest BCUT2D eigenvalue weighted by atomic mass is 10.2. The quantitative estimate of drug-likeness (QED) is 0.408. The standard InChI is InChI=1S/C13H15N3O7/c1-13(22-2-3-23-13)6-12(19)15-14-7-8-4-9(16(20)21)11(18)5-10(8)17/h4-5,7,17-18H,2-3,6H2,1H3,(H,15,19)/b14-7-. The minimum Gasteiger partial charge on any atom is -0.507 e. The third-order valence-electron chi connectivity index (χ3n) is 3.09. The largest absolute Gasteiger partial charge is 0.507 e. The Labute approximate surface area is 130 Å². The number of hydrazone groups is 1. The first kappa shape index (κ1) is 16.6. The number of nitrogens with zero attached hydrogens (tertiary/aromatic N) is 2. The van der Waals surface area contributed by atoms with Crippen LogP contribution >= 0.6 is 0 Å². The molecule has 0 bridgehead atoms. The smallest absolute Gasteiger partial charge is 0.311 e. The third kappa shape index (κ3) is 4.14. The highest BCUT2D eigenvalue weighted by molar-refractivity contribution is 5.86. The Balaban J connectivity index is 2.01. The monoisotopic (exact) mass is 325 g/mol. The average molecular weight is 325 g/mol. The number of carbonyl (C=O) groups is 1. The Morgan fingerprint density at radius 2 is 2.09 bits per heavy atom. The van der Waals surface area contributed by atoms with Gasteiger partial charge in [-0.05, 0) is 6.92 Å². The number of benzene rings is 1. The highest BCUT2D eigenvalue weighted by Crippen LogP contribution is 2.31. The van der Waals surface area contributed by atoms with E-state index < -0.39 is 33.8 Å². The van der Waals surface area contributed by atoms with Gasteiger partial charge in [0, 0.05) is 17.7 Å². The number of hydrogen-bond donors (Lipinski definition) is 3. The summed E-state index contributed by atoms with van der Waals surface area (Å²) >= 11 is 0. The summed E-state index contributed by atoms with van der Waals surface area (Å²) in [6.07, 6.45) is 0.949. The van der Waals surface area contributed by atoms with Crippen molar-refractivity contribution in [1.29, 1.82) is 0 Å². The van der Waals surface area contributed by atoms with Crippen molar-refractivity contribution >= 4 is 17.8 Å². The lowest BCUT2D eigenvalue weighted by Crippen LogP contribution is -2.33. The van der Waals surface area contributed by atoms with E-state index >= 15 is 0 Å². The molecule has 1 fully saturated rings. The number of nitrogens with one attached hydrogen (secondary N) is 1. The maximum atomic E-state index is 11.7. The Hall–Kier alpha value is -2.72. The Kier molecular flexibility index (Phi) is 4.77. The highest BCUT2D eigenvalue weighted by Gasteiger charge is 2.33. The molecule has 1 aromatic carbocycles. The predicted molar refractivity (Wildman–Crippen MR) is 77.1 cm³/mol. The van der Waals surface area contributed by atoms with E-state index in [0.717, 1.165) is 18.3 Å². The van der Waals surface area contributed by atoms with E-state index in [1.165, 1.54) is 0 Å². The van der Waals surface area contributed by atoms with Crippen LogP contribution in [0.25, 0.3) is 0 Å². The van der Waals surface area contributed by atoms with Crippen molar-refractivity contribution < 1.29 is 29.4 Å². The Bertz CT molecular complexity index is 653. The van der Waals surface area contributed by atoms with Crippen molar-refractivity contribution in [2.45, 2.75) is 19.1 Å². The number of phenolic OH excluding ortho intramolecular Hbond substituents is 2. The van der Waals surface area contributed by atoms with Crippen molar-refractivity contribution in [3.05, 3.63) is 27.8 Å². The van der Waals surface area contributed by atoms with Crippen LogP contribution in [0.4, 0.5) is 5.69 Å². The van der Waals surface area contributed by atoms with Crippen LogP contribution in [0.3, 0.4) is 0 Å². The van der Waals surface area contributed by atoms with Gasteiger partial charge in [0.1, 0.15) is 5.75 Å². The van der Waals surface area contributed by atoms with Crippen LogP contribution < -0.4 is 5.43 Å². The van der Waals surface area contributed by atoms with Gasteiger partial charge in [0.05, 0.1) is 30.8 Å². The fraction of sp³-hybridized carbons (Fsp3) is 0.385. The summed E-state index contributed by atoms with van der Waals surface area (Å²) in [6, 6.07) is 1.76. The topological polar surface area (TPSA) is 144 Å². The van der Waals surface area contributed by atoms with Crippen LogP contribution in [0.2, 0.25) is 0 Å². The van der Waals surface area contributed by atoms with Gasteiger partial charge in [-0.1, -0.05) is 0 Å². The zero-order chi connectivity index (χ0) is 17.0. The molecule has 10 heteroatoms. The molecule has 1 aromatic rings. The van der Waals surface area contributed by atoms with Gasteiger partial charge in [-0.3, -0.25) is 14.9 Å². The molecule has 23 heavy (non-hydrogen) atoms. The number of phenols is 2. The number of carbonyl (C=O) groups excluding carboxylic acids is 1. The summed E-state index contributed by atoms with van der Waals surface area (Å²) in [5, 5.41) is 33.3. The van der Waals surface area contributed by atoms with Gasteiger partial charge in [0.25, 0.3) is 0 Å². The van der Waals surface area contributed by atoms with Crippen LogP contribution in [0.15, 0.2) is 17.2 Å². The first-order valence-electron chi connectivity index (χ1n) is 6.61. The average Bonchev–Trinajstić information content (AvgIpc) is 2.87. The van der Waals surface area contributed by atoms with Crippen molar-refractivity contribution in [2.75, 3.05) is 13.2 Å². The van der Waals surface area contributed by atoms with Crippen LogP contribution in [-0.4, -0.2) is 46.3 Å². The summed E-state index contributed by atoms with van der Waals surface area (Å²) in [7, 11) is 0. The van der Waals surface area contributed by atoms with Crippen LogP contribution in [-0.2, 0) is 14.3 Å². The molecular weight excluding hydrogens is 310 g/mol. The van der Waals surface area contributed by atoms with Crippen LogP contribution in [0.5, 0.6) is 11.5 Å². The summed E-state index contributed by atoms with van der Waals surface area (Å²) in [6.45, 7) is 2.43. The molecule has 0 aromatic heterocycles. The molecule has 3 N–H and O–H groups in total. The van der Waals surface area contributed by atoms with Crippen LogP contribution in [0.1, 0.15) is 18.9 Å². The van der Waals surface area contributed by atoms with Gasteiger partial charge in [-0.2, -0.15) is 5.10 Å². The van der Waals surface area contributed by atoms with Crippen molar-refractivity contribution in [3.8, 4) is 11.5 Å². The third-order valence-corrected chi connectivity index (χ3v) is 3.09. The first-order chi connectivity index (χ1) is 10.8. The summed E-state index contributed by atoms with van der Waals surface area (Å²) < 4.78 is 10.5. The van der Waals surface area contributed by atoms with E-state index in [4.69, 9.17) is 9.47 Å². The Morgan fingerprint density at radius 3 is 2.70 bits per heavy atom. The van der Waals surface area contributed by atoms with Crippen LogP contribution in [0, 0.1) is 10.1 Å². The summed E-state index contributed by atoms with van der Waals surface area (Å²) in [5.74, 6) is -2.57. The van der Waals surface area contributed by atoms with Crippen molar-refractivity contribution in [3.63, 3.8) is 0 Å². The van der Waals surface area contributed by atoms with E-state index in [9.17, 15) is 25.1 Å². The fourth-order valence-corrected chi connectivity index (χ4v) is 2.00. The summed E-state index contributed by atoms with van der Waals surface area (Å²) in [5.41, 5.74) is 1.58. The Morgan fingerprint density at radius 1 is 1.43 bits per heavy atom. The summed E-state index contributed by atoms with van der Waals surface area (Å²) in [4.78, 5) is 21.6. The molecule has 0 unspecified atom stereocenters. The first-order valence-corrected chi connectivity index (χ1v) is 6.61. The van der Waals surface area contributed by atoms with E-state index in [1.807, 2.05) is 0 Å². The number of nitro groups is 1. The molecule has 0 saturated carbocycles. The van der Waals surface area contributed by atoms with Gasteiger partial charge in [-0.25, -0.2) is 5.43 Å². The van der Waals surface area contributed by atoms with Gasteiger partial charge >= 0.3 is 5.69 Å². The number of ether oxygens (including phenoxy) is 2. The van der Waals surface area contributed by atoms with Crippen molar-refractivity contribution in [2.24, 2.45) is 5.10 Å². The van der Waals surface area contributed by atoms with E-state index in [2.05, 4.69) is 10.5 Å². The second-order valence-corrected chi connectivity index (χ2v) is 4.96. The SMILES string of the molecule is CC1(CC(=O)N/N=C\c2cc([N+](=O)[O-])c(O)cc2O)OCCO1. The molecule has 1 aliphatic rings. The zero-order valence-electron chi connectivity index (χ0n) is 12.2. The molecule has 10 nitrogen and oxygen atoms in total. The van der Waals surface area contributed by atoms with Gasteiger partial charge in [0.15, 0.2) is 11.5 Å². The lowest BCUT2D eigenvalue weighted by Gasteiger charge is -2.20. The van der Waals surface area contributed by atoms with E-state index in [-0.39, 0.29) is 12.0 Å². The molecular formula is C13H15N3O7. The molecule has 0 atom stereocenters. The second kappa shape index (κ2) is 6.58. The maximum absolute atomic E-state index is 11.7. The molecule has 2 rings (SSSR count). The molecule has 0 radical (unpaired) electrons. The number of aromatic hydroxyl groups is 2. The van der Waals surface area contributed by atoms with Gasteiger partial charge in [-0.15, -0.1) is 0 Å². The molecule has 1 heterocycles. The zero-order valence-corrected chi connectivity index (χ0v) is 12.2. The molecule has 1 aliphatic heterocycles. The molecule has 0 aliphatic carbocycles. The fourth-order valence-electron chi connectivity index (χ4n) is 2.00. The number of rotatable bonds is 5. The van der Waals surface area contributed by atoms with E-state index in [0.29, 0.717) is 13.2 Å². The maximum Gasteiger partial charge on any atom is 0.311 e. The number of hydrogen-bond acceptors (Lipinski definition) is 8. The van der Waals surface area contributed by atoms with Gasteiger partial charge < -0.3 is 19.7 Å². The van der Waals surface area contributed by atoms with E-state index in [1.54, 1.807) is 6.92 Å². The second-order valence-electron chi connectivity index (χ2n) is 4.96. The van der Waals surface area contributed by atoms with Crippen molar-refractivity contribution in [1.82, 2.24) is 5.43 Å². The minimum atomic E-state index is -1.00. The van der Waals surface area contributed by atoms with Gasteiger partial charge in [0.2, 0.25) is 5.91 Å². The predicted octanol–water partition coefficient (Wildman–Crippen LogP) is 0.609. The minimum absolute atomic E-state index is 0.0330. The normalized spacial score (nSPS) is 16.6. The molecule has 1 amide bonds. The lowest BCUT2D eigenvalue weighted by molar-refractivity contribution is -0.385. The number of amides is 1. The number of nitro benzene ring substituents is 1. The highest BCUT2D eigenvalue weighted by atomic mass is 16.7. The molecule has 1 saturated heterocycles. The molecule has 124 valence electrons. The molecule has 0 spiro atoms.